The fourth-order valence-electron chi connectivity index (χ4n) is 7.73. The lowest BCUT2D eigenvalue weighted by Crippen LogP contribution is -2.16. The van der Waals surface area contributed by atoms with Crippen LogP contribution < -0.4 is 4.90 Å². The minimum absolute atomic E-state index is 0.0840. The van der Waals surface area contributed by atoms with Crippen LogP contribution in [-0.4, -0.2) is 0 Å². The molecule has 0 fully saturated rings. The summed E-state index contributed by atoms with van der Waals surface area (Å²) in [5, 5.41) is 7.30. The number of rotatable bonds is 3. The second kappa shape index (κ2) is 9.32. The minimum Gasteiger partial charge on any atom is -0.456 e. The smallest absolute Gasteiger partial charge is 0.136 e. The zero-order chi connectivity index (χ0) is 30.6. The molecule has 0 amide bonds. The fraction of sp³-hybridized carbons (Fsp3) is 0.0698. The predicted octanol–water partition coefficient (Wildman–Crippen LogP) is 12.9. The summed E-state index contributed by atoms with van der Waals surface area (Å²) in [5.74, 6) is 0. The van der Waals surface area contributed by atoms with Crippen LogP contribution >= 0.6 is 11.3 Å². The number of anilines is 3. The standard InChI is InChI=1S/C43H29NOS/c1-43(2)37-12-6-3-9-31(37)32-19-17-29(24-38(32)43)44(30-18-20-35-34-11-5-8-14-41(34)46-42(35)25-30)28-16-15-26-22-36-33-10-4-7-13-39(33)45-40(36)23-27(26)21-28/h3-25H,1-2H3. The van der Waals surface area contributed by atoms with Gasteiger partial charge in [0.05, 0.1) is 0 Å². The highest BCUT2D eigenvalue weighted by Gasteiger charge is 2.35. The van der Waals surface area contributed by atoms with Crippen LogP contribution in [0.2, 0.25) is 0 Å². The van der Waals surface area contributed by atoms with Crippen LogP contribution in [-0.2, 0) is 5.41 Å². The van der Waals surface area contributed by atoms with E-state index in [2.05, 4.69) is 146 Å². The molecule has 3 heteroatoms. The average molecular weight is 608 g/mol. The number of benzene rings is 7. The van der Waals surface area contributed by atoms with Crippen molar-refractivity contribution in [2.75, 3.05) is 4.90 Å². The molecule has 7 aromatic carbocycles. The van der Waals surface area contributed by atoms with Crippen LogP contribution in [0.3, 0.4) is 0 Å². The quantitative estimate of drug-likeness (QED) is 0.199. The van der Waals surface area contributed by atoms with E-state index in [4.69, 9.17) is 4.42 Å². The monoisotopic (exact) mass is 607 g/mol. The second-order valence-electron chi connectivity index (χ2n) is 13.0. The number of hydrogen-bond donors (Lipinski definition) is 0. The van der Waals surface area contributed by atoms with Crippen LogP contribution in [0.5, 0.6) is 0 Å². The van der Waals surface area contributed by atoms with E-state index in [0.717, 1.165) is 44.4 Å². The van der Waals surface area contributed by atoms with Crippen LogP contribution in [0, 0.1) is 0 Å². The summed E-state index contributed by atoms with van der Waals surface area (Å²) < 4.78 is 8.91. The van der Waals surface area contributed by atoms with Crippen molar-refractivity contribution in [3.63, 3.8) is 0 Å². The van der Waals surface area contributed by atoms with Gasteiger partial charge in [0.2, 0.25) is 0 Å². The van der Waals surface area contributed by atoms with Crippen LogP contribution in [0.4, 0.5) is 17.1 Å². The number of nitrogens with zero attached hydrogens (tertiary/aromatic N) is 1. The molecule has 10 rings (SSSR count). The maximum absolute atomic E-state index is 6.30. The topological polar surface area (TPSA) is 16.4 Å². The summed E-state index contributed by atoms with van der Waals surface area (Å²) in [6.45, 7) is 4.70. The van der Waals surface area contributed by atoms with E-state index in [1.54, 1.807) is 0 Å². The number of thiophene rings is 1. The summed E-state index contributed by atoms with van der Waals surface area (Å²) in [6, 6.07) is 51.1. The van der Waals surface area contributed by atoms with Crippen molar-refractivity contribution < 1.29 is 4.42 Å². The Hall–Kier alpha value is -5.38. The van der Waals surface area contributed by atoms with E-state index in [-0.39, 0.29) is 5.41 Å². The number of furan rings is 1. The first kappa shape index (κ1) is 25.9. The van der Waals surface area contributed by atoms with Crippen molar-refractivity contribution in [3.8, 4) is 11.1 Å². The van der Waals surface area contributed by atoms with E-state index < -0.39 is 0 Å². The Morgan fingerprint density at radius 2 is 1.17 bits per heavy atom. The highest BCUT2D eigenvalue weighted by Crippen LogP contribution is 2.51. The molecule has 0 radical (unpaired) electrons. The van der Waals surface area contributed by atoms with Gasteiger partial charge < -0.3 is 9.32 Å². The summed E-state index contributed by atoms with van der Waals surface area (Å²) in [5.41, 5.74) is 10.6. The van der Waals surface area contributed by atoms with Gasteiger partial charge in [-0.15, -0.1) is 11.3 Å². The molecular weight excluding hydrogens is 579 g/mol. The number of para-hydroxylation sites is 1. The Morgan fingerprint density at radius 3 is 2.11 bits per heavy atom. The molecule has 0 saturated carbocycles. The van der Waals surface area contributed by atoms with Crippen molar-refractivity contribution >= 4 is 81.3 Å². The summed E-state index contributed by atoms with van der Waals surface area (Å²) in [6.07, 6.45) is 0. The third kappa shape index (κ3) is 3.64. The molecule has 0 atom stereocenters. The Kier molecular flexibility index (Phi) is 5.25. The van der Waals surface area contributed by atoms with Gasteiger partial charge in [0.1, 0.15) is 11.2 Å². The first-order chi connectivity index (χ1) is 22.5. The molecule has 9 aromatic rings. The van der Waals surface area contributed by atoms with Gasteiger partial charge >= 0.3 is 0 Å². The van der Waals surface area contributed by atoms with Crippen molar-refractivity contribution in [2.45, 2.75) is 19.3 Å². The van der Waals surface area contributed by atoms with Gasteiger partial charge in [-0.2, -0.15) is 0 Å². The Balaban J connectivity index is 1.19. The molecule has 0 bridgehead atoms. The Labute approximate surface area is 270 Å². The SMILES string of the molecule is CC1(C)c2ccccc2-c2ccc(N(c3ccc4cc5c(cc4c3)oc3ccccc35)c3ccc4c(c3)sc3ccccc34)cc21. The summed E-state index contributed by atoms with van der Waals surface area (Å²) in [4.78, 5) is 2.42. The third-order valence-corrected chi connectivity index (χ3v) is 11.2. The zero-order valence-electron chi connectivity index (χ0n) is 25.5. The van der Waals surface area contributed by atoms with Crippen molar-refractivity contribution in [1.82, 2.24) is 0 Å². The predicted molar refractivity (Wildman–Crippen MR) is 196 cm³/mol. The zero-order valence-corrected chi connectivity index (χ0v) is 26.4. The fourth-order valence-corrected chi connectivity index (χ4v) is 8.87. The summed E-state index contributed by atoms with van der Waals surface area (Å²) in [7, 11) is 0. The van der Waals surface area contributed by atoms with E-state index in [1.165, 1.54) is 47.8 Å². The highest BCUT2D eigenvalue weighted by atomic mass is 32.1. The molecule has 0 saturated heterocycles. The Bertz CT molecular complexity index is 2690. The largest absolute Gasteiger partial charge is 0.456 e. The first-order valence-corrected chi connectivity index (χ1v) is 16.7. The first-order valence-electron chi connectivity index (χ1n) is 15.8. The van der Waals surface area contributed by atoms with Gasteiger partial charge in [-0.05, 0) is 93.7 Å². The lowest BCUT2D eigenvalue weighted by Gasteiger charge is -2.28. The molecule has 0 spiro atoms. The van der Waals surface area contributed by atoms with Gasteiger partial charge in [-0.3, -0.25) is 0 Å². The van der Waals surface area contributed by atoms with Crippen LogP contribution in [0.15, 0.2) is 144 Å². The van der Waals surface area contributed by atoms with Crippen LogP contribution in [0.1, 0.15) is 25.0 Å². The maximum atomic E-state index is 6.30. The van der Waals surface area contributed by atoms with Gasteiger partial charge in [0, 0.05) is 53.4 Å². The molecule has 218 valence electrons. The molecule has 46 heavy (non-hydrogen) atoms. The molecule has 1 aliphatic carbocycles. The average Bonchev–Trinajstić information content (AvgIpc) is 3.71. The lowest BCUT2D eigenvalue weighted by molar-refractivity contribution is 0.660. The third-order valence-electron chi connectivity index (χ3n) is 10.0. The van der Waals surface area contributed by atoms with Crippen molar-refractivity contribution in [2.24, 2.45) is 0 Å². The van der Waals surface area contributed by atoms with Crippen LogP contribution in [0.25, 0.3) is 64.0 Å². The maximum Gasteiger partial charge on any atom is 0.136 e. The van der Waals surface area contributed by atoms with Gasteiger partial charge in [-0.25, -0.2) is 0 Å². The van der Waals surface area contributed by atoms with Gasteiger partial charge in [0.15, 0.2) is 0 Å². The molecule has 2 nitrogen and oxygen atoms in total. The second-order valence-corrected chi connectivity index (χ2v) is 14.1. The van der Waals surface area contributed by atoms with E-state index in [9.17, 15) is 0 Å². The van der Waals surface area contributed by atoms with Gasteiger partial charge in [0.25, 0.3) is 0 Å². The summed E-state index contributed by atoms with van der Waals surface area (Å²) >= 11 is 1.86. The lowest BCUT2D eigenvalue weighted by atomic mass is 9.82. The van der Waals surface area contributed by atoms with Crippen molar-refractivity contribution in [3.05, 3.63) is 151 Å². The number of fused-ring (bicyclic) bond motifs is 10. The molecular formula is C43H29NOS. The highest BCUT2D eigenvalue weighted by molar-refractivity contribution is 7.25. The normalized spacial score (nSPS) is 13.6. The van der Waals surface area contributed by atoms with Crippen molar-refractivity contribution in [1.29, 1.82) is 0 Å². The number of hydrogen-bond acceptors (Lipinski definition) is 3. The van der Waals surface area contributed by atoms with E-state index in [0.29, 0.717) is 0 Å². The molecule has 2 aromatic heterocycles. The molecule has 0 unspecified atom stereocenters. The Morgan fingerprint density at radius 1 is 0.478 bits per heavy atom. The van der Waals surface area contributed by atoms with Gasteiger partial charge in [-0.1, -0.05) is 92.7 Å². The van der Waals surface area contributed by atoms with E-state index >= 15 is 0 Å². The molecule has 0 aliphatic heterocycles. The van der Waals surface area contributed by atoms with E-state index in [1.807, 2.05) is 23.5 Å². The molecule has 2 heterocycles. The molecule has 1 aliphatic rings. The minimum atomic E-state index is -0.0840. The molecule has 0 N–H and O–H groups in total.